The predicted octanol–water partition coefficient (Wildman–Crippen LogP) is 1.60. The van der Waals surface area contributed by atoms with Crippen molar-refractivity contribution in [2.24, 2.45) is 5.92 Å². The lowest BCUT2D eigenvalue weighted by Gasteiger charge is -2.35. The van der Waals surface area contributed by atoms with Gasteiger partial charge < -0.3 is 15.1 Å². The number of hydrogen-bond acceptors (Lipinski definition) is 4. The van der Waals surface area contributed by atoms with Crippen LogP contribution in [-0.4, -0.2) is 60.9 Å². The first-order valence-corrected chi connectivity index (χ1v) is 9.12. The van der Waals surface area contributed by atoms with Gasteiger partial charge in [-0.05, 0) is 30.8 Å². The van der Waals surface area contributed by atoms with Crippen molar-refractivity contribution in [1.29, 1.82) is 0 Å². The van der Waals surface area contributed by atoms with Crippen molar-refractivity contribution in [3.63, 3.8) is 0 Å². The van der Waals surface area contributed by atoms with Crippen LogP contribution in [0, 0.1) is 5.92 Å². The molecule has 1 N–H and O–H groups in total. The van der Waals surface area contributed by atoms with Crippen molar-refractivity contribution >= 4 is 23.2 Å². The number of hydrogen-bond donors (Lipinski definition) is 1. The highest BCUT2D eigenvalue weighted by molar-refractivity contribution is 7.10. The number of rotatable bonds is 6. The quantitative estimate of drug-likeness (QED) is 0.858. The van der Waals surface area contributed by atoms with E-state index in [1.54, 1.807) is 11.3 Å². The SMILES string of the molecule is CC(C)C[C@@H](NC(=O)Cc1cccs1)C(=O)N1CCN(C)CC1. The third-order valence-electron chi connectivity index (χ3n) is 4.07. The summed E-state index contributed by atoms with van der Waals surface area (Å²) in [6.45, 7) is 7.42. The molecule has 0 saturated carbocycles. The van der Waals surface area contributed by atoms with Gasteiger partial charge in [0.25, 0.3) is 0 Å². The summed E-state index contributed by atoms with van der Waals surface area (Å²) < 4.78 is 0. The molecule has 0 unspecified atom stereocenters. The fourth-order valence-electron chi connectivity index (χ4n) is 2.76. The molecule has 0 bridgehead atoms. The number of piperazine rings is 1. The molecule has 1 aromatic rings. The number of carbonyl (C=O) groups excluding carboxylic acids is 2. The van der Waals surface area contributed by atoms with Gasteiger partial charge in [0.05, 0.1) is 6.42 Å². The maximum absolute atomic E-state index is 12.8. The summed E-state index contributed by atoms with van der Waals surface area (Å²) in [5.74, 6) is 0.352. The Hall–Kier alpha value is -1.40. The molecule has 1 aliphatic rings. The number of carbonyl (C=O) groups is 2. The summed E-state index contributed by atoms with van der Waals surface area (Å²) in [6.07, 6.45) is 1.03. The molecule has 1 aromatic heterocycles. The first-order chi connectivity index (χ1) is 11.0. The Labute approximate surface area is 142 Å². The van der Waals surface area contributed by atoms with Crippen LogP contribution < -0.4 is 5.32 Å². The lowest BCUT2D eigenvalue weighted by Crippen LogP contribution is -2.54. The third kappa shape index (κ3) is 5.62. The maximum Gasteiger partial charge on any atom is 0.245 e. The minimum atomic E-state index is -0.411. The second-order valence-electron chi connectivity index (χ2n) is 6.63. The van der Waals surface area contributed by atoms with Gasteiger partial charge in [-0.25, -0.2) is 0 Å². The summed E-state index contributed by atoms with van der Waals surface area (Å²) in [4.78, 5) is 30.2. The van der Waals surface area contributed by atoms with E-state index in [-0.39, 0.29) is 11.8 Å². The Morgan fingerprint density at radius 2 is 1.96 bits per heavy atom. The Morgan fingerprint density at radius 1 is 1.26 bits per heavy atom. The topological polar surface area (TPSA) is 52.7 Å². The fourth-order valence-corrected chi connectivity index (χ4v) is 3.46. The van der Waals surface area contributed by atoms with Crippen molar-refractivity contribution in [1.82, 2.24) is 15.1 Å². The smallest absolute Gasteiger partial charge is 0.245 e. The molecule has 5 nitrogen and oxygen atoms in total. The highest BCUT2D eigenvalue weighted by Crippen LogP contribution is 2.12. The van der Waals surface area contributed by atoms with Gasteiger partial charge in [-0.15, -0.1) is 11.3 Å². The third-order valence-corrected chi connectivity index (χ3v) is 4.95. The fraction of sp³-hybridized carbons (Fsp3) is 0.647. The minimum absolute atomic E-state index is 0.0614. The molecule has 23 heavy (non-hydrogen) atoms. The largest absolute Gasteiger partial charge is 0.344 e. The Balaban J connectivity index is 1.95. The molecule has 128 valence electrons. The molecule has 1 saturated heterocycles. The number of nitrogens with zero attached hydrogens (tertiary/aromatic N) is 2. The Bertz CT molecular complexity index is 508. The molecule has 0 radical (unpaired) electrons. The zero-order chi connectivity index (χ0) is 16.8. The lowest BCUT2D eigenvalue weighted by molar-refractivity contribution is -0.138. The van der Waals surface area contributed by atoms with E-state index in [1.807, 2.05) is 22.4 Å². The number of likely N-dealkylation sites (N-methyl/N-ethyl adjacent to an activating group) is 1. The molecular formula is C17H27N3O2S. The van der Waals surface area contributed by atoms with Crippen LogP contribution in [0.15, 0.2) is 17.5 Å². The van der Waals surface area contributed by atoms with Gasteiger partial charge in [-0.2, -0.15) is 0 Å². The molecule has 2 amide bonds. The van der Waals surface area contributed by atoms with Gasteiger partial charge in [0.15, 0.2) is 0 Å². The molecule has 0 spiro atoms. The van der Waals surface area contributed by atoms with Crippen LogP contribution in [0.3, 0.4) is 0 Å². The molecule has 1 atom stereocenters. The second kappa shape index (κ2) is 8.45. The zero-order valence-electron chi connectivity index (χ0n) is 14.2. The predicted molar refractivity (Wildman–Crippen MR) is 93.5 cm³/mol. The number of thiophene rings is 1. The van der Waals surface area contributed by atoms with E-state index in [1.165, 1.54) is 0 Å². The van der Waals surface area contributed by atoms with Crippen LogP contribution in [-0.2, 0) is 16.0 Å². The van der Waals surface area contributed by atoms with Gasteiger partial charge in [-0.3, -0.25) is 9.59 Å². The highest BCUT2D eigenvalue weighted by Gasteiger charge is 2.28. The van der Waals surface area contributed by atoms with E-state index in [0.29, 0.717) is 18.8 Å². The van der Waals surface area contributed by atoms with Crippen LogP contribution in [0.4, 0.5) is 0 Å². The van der Waals surface area contributed by atoms with E-state index in [2.05, 4.69) is 31.1 Å². The van der Waals surface area contributed by atoms with E-state index >= 15 is 0 Å². The first-order valence-electron chi connectivity index (χ1n) is 8.24. The van der Waals surface area contributed by atoms with Crippen molar-refractivity contribution in [2.45, 2.75) is 32.7 Å². The summed E-state index contributed by atoms with van der Waals surface area (Å²) in [7, 11) is 2.07. The van der Waals surface area contributed by atoms with Crippen LogP contribution >= 0.6 is 11.3 Å². The Kier molecular flexibility index (Phi) is 6.59. The zero-order valence-corrected chi connectivity index (χ0v) is 15.1. The molecule has 0 aromatic carbocycles. The van der Waals surface area contributed by atoms with Gasteiger partial charge in [0.1, 0.15) is 6.04 Å². The minimum Gasteiger partial charge on any atom is -0.344 e. The average molecular weight is 337 g/mol. The first kappa shape index (κ1) is 17.9. The monoisotopic (exact) mass is 337 g/mol. The normalized spacial score (nSPS) is 17.3. The summed E-state index contributed by atoms with van der Waals surface area (Å²) in [5.41, 5.74) is 0. The molecule has 2 rings (SSSR count). The van der Waals surface area contributed by atoms with Crippen LogP contribution in [0.1, 0.15) is 25.1 Å². The van der Waals surface area contributed by atoms with E-state index in [4.69, 9.17) is 0 Å². The maximum atomic E-state index is 12.8. The van der Waals surface area contributed by atoms with Crippen LogP contribution in [0.25, 0.3) is 0 Å². The average Bonchev–Trinajstić information content (AvgIpc) is 2.99. The number of nitrogens with one attached hydrogen (secondary N) is 1. The van der Waals surface area contributed by atoms with Gasteiger partial charge >= 0.3 is 0 Å². The van der Waals surface area contributed by atoms with E-state index < -0.39 is 6.04 Å². The molecule has 1 fully saturated rings. The van der Waals surface area contributed by atoms with E-state index in [9.17, 15) is 9.59 Å². The van der Waals surface area contributed by atoms with Gasteiger partial charge in [0, 0.05) is 31.1 Å². The molecule has 1 aliphatic heterocycles. The number of amides is 2. The second-order valence-corrected chi connectivity index (χ2v) is 7.67. The summed E-state index contributed by atoms with van der Waals surface area (Å²) >= 11 is 1.57. The lowest BCUT2D eigenvalue weighted by atomic mass is 10.0. The molecule has 2 heterocycles. The van der Waals surface area contributed by atoms with Crippen molar-refractivity contribution < 1.29 is 9.59 Å². The molecule has 0 aliphatic carbocycles. The van der Waals surface area contributed by atoms with E-state index in [0.717, 1.165) is 31.1 Å². The molecule has 6 heteroatoms. The highest BCUT2D eigenvalue weighted by atomic mass is 32.1. The van der Waals surface area contributed by atoms with Crippen LogP contribution in [0.5, 0.6) is 0 Å². The van der Waals surface area contributed by atoms with Crippen molar-refractivity contribution in [2.75, 3.05) is 33.2 Å². The van der Waals surface area contributed by atoms with Crippen molar-refractivity contribution in [3.8, 4) is 0 Å². The standard InChI is InChI=1S/C17H27N3O2S/c1-13(2)11-15(17(22)20-8-6-19(3)7-9-20)18-16(21)12-14-5-4-10-23-14/h4-5,10,13,15H,6-9,11-12H2,1-3H3,(H,18,21)/t15-/m1/s1. The van der Waals surface area contributed by atoms with Crippen LogP contribution in [0.2, 0.25) is 0 Å². The molecular weight excluding hydrogens is 310 g/mol. The summed E-state index contributed by atoms with van der Waals surface area (Å²) in [6, 6.07) is 3.48. The summed E-state index contributed by atoms with van der Waals surface area (Å²) in [5, 5.41) is 4.92. The Morgan fingerprint density at radius 3 is 2.52 bits per heavy atom. The van der Waals surface area contributed by atoms with Gasteiger partial charge in [0.2, 0.25) is 11.8 Å². The van der Waals surface area contributed by atoms with Crippen molar-refractivity contribution in [3.05, 3.63) is 22.4 Å². The van der Waals surface area contributed by atoms with Gasteiger partial charge in [-0.1, -0.05) is 19.9 Å².